The van der Waals surface area contributed by atoms with E-state index in [0.717, 1.165) is 12.5 Å². The van der Waals surface area contributed by atoms with E-state index in [1.165, 1.54) is 51.6 Å². The summed E-state index contributed by atoms with van der Waals surface area (Å²) in [6.45, 7) is 2.48. The molecule has 2 rings (SSSR count). The van der Waals surface area contributed by atoms with Crippen LogP contribution >= 0.6 is 0 Å². The van der Waals surface area contributed by atoms with Crippen LogP contribution in [-0.2, 0) is 0 Å². The normalized spacial score (nSPS) is 30.4. The van der Waals surface area contributed by atoms with Gasteiger partial charge >= 0.3 is 0 Å². The second-order valence-corrected chi connectivity index (χ2v) is 4.80. The molecule has 0 spiro atoms. The number of hydrogen-bond donors (Lipinski definition) is 0. The predicted molar refractivity (Wildman–Crippen MR) is 56.8 cm³/mol. The van der Waals surface area contributed by atoms with Crippen molar-refractivity contribution in [1.82, 2.24) is 4.90 Å². The van der Waals surface area contributed by atoms with Crippen LogP contribution in [0.25, 0.3) is 0 Å². The molecule has 0 aromatic carbocycles. The summed E-state index contributed by atoms with van der Waals surface area (Å²) >= 11 is 0. The molecule has 2 aliphatic rings. The third kappa shape index (κ3) is 2.27. The summed E-state index contributed by atoms with van der Waals surface area (Å²) < 4.78 is 0. The number of nitriles is 1. The third-order valence-electron chi connectivity index (χ3n) is 3.77. The van der Waals surface area contributed by atoms with Crippen LogP contribution in [0, 0.1) is 17.2 Å². The molecule has 1 saturated heterocycles. The quantitative estimate of drug-likeness (QED) is 0.672. The van der Waals surface area contributed by atoms with E-state index in [4.69, 9.17) is 5.26 Å². The van der Waals surface area contributed by atoms with Gasteiger partial charge in [-0.2, -0.15) is 5.26 Å². The highest BCUT2D eigenvalue weighted by Gasteiger charge is 2.27. The maximum atomic E-state index is 8.70. The van der Waals surface area contributed by atoms with E-state index < -0.39 is 0 Å². The number of nitrogens with zero attached hydrogens (tertiary/aromatic N) is 2. The van der Waals surface area contributed by atoms with E-state index in [0.29, 0.717) is 5.92 Å². The highest BCUT2D eigenvalue weighted by molar-refractivity contribution is 4.85. The fourth-order valence-electron chi connectivity index (χ4n) is 2.99. The fraction of sp³-hybridized carbons (Fsp3) is 0.917. The predicted octanol–water partition coefficient (Wildman–Crippen LogP) is 2.55. The first-order chi connectivity index (χ1) is 6.90. The molecule has 0 aromatic rings. The zero-order chi connectivity index (χ0) is 9.80. The van der Waals surface area contributed by atoms with E-state index in [-0.39, 0.29) is 0 Å². The molecule has 2 nitrogen and oxygen atoms in total. The average molecular weight is 192 g/mol. The summed E-state index contributed by atoms with van der Waals surface area (Å²) in [5.74, 6) is 0.661. The van der Waals surface area contributed by atoms with Gasteiger partial charge in [-0.15, -0.1) is 0 Å². The standard InChI is InChI=1S/C12H20N2/c13-8-7-11-4-3-9-14(10-11)12-5-1-2-6-12/h11-12H,1-7,9-10H2. The third-order valence-corrected chi connectivity index (χ3v) is 3.77. The Hall–Kier alpha value is -0.550. The molecular weight excluding hydrogens is 172 g/mol. The van der Waals surface area contributed by atoms with Crippen molar-refractivity contribution in [3.63, 3.8) is 0 Å². The van der Waals surface area contributed by atoms with Gasteiger partial charge in [-0.3, -0.25) is 0 Å². The first kappa shape index (κ1) is 9.98. The summed E-state index contributed by atoms with van der Waals surface area (Å²) in [5, 5.41) is 8.70. The molecule has 1 aliphatic heterocycles. The Labute approximate surface area is 86.9 Å². The van der Waals surface area contributed by atoms with Gasteiger partial charge in [-0.05, 0) is 38.1 Å². The maximum Gasteiger partial charge on any atom is 0.0625 e. The summed E-state index contributed by atoms with van der Waals surface area (Å²) in [6.07, 6.45) is 9.00. The van der Waals surface area contributed by atoms with Crippen LogP contribution in [0.5, 0.6) is 0 Å². The minimum Gasteiger partial charge on any atom is -0.300 e. The number of rotatable bonds is 2. The van der Waals surface area contributed by atoms with Gasteiger partial charge in [0.1, 0.15) is 0 Å². The zero-order valence-corrected chi connectivity index (χ0v) is 8.91. The lowest BCUT2D eigenvalue weighted by Crippen LogP contribution is -2.41. The smallest absolute Gasteiger partial charge is 0.0625 e. The van der Waals surface area contributed by atoms with Gasteiger partial charge in [0.15, 0.2) is 0 Å². The second kappa shape index (κ2) is 4.79. The van der Waals surface area contributed by atoms with Crippen LogP contribution in [0.15, 0.2) is 0 Å². The molecule has 1 atom stereocenters. The molecule has 2 fully saturated rings. The molecule has 0 radical (unpaired) electrons. The average Bonchev–Trinajstić information content (AvgIpc) is 2.71. The van der Waals surface area contributed by atoms with E-state index in [1.807, 2.05) is 0 Å². The highest BCUT2D eigenvalue weighted by atomic mass is 15.2. The lowest BCUT2D eigenvalue weighted by molar-refractivity contribution is 0.126. The van der Waals surface area contributed by atoms with Gasteiger partial charge in [0.05, 0.1) is 6.07 Å². The number of piperidine rings is 1. The molecule has 78 valence electrons. The summed E-state index contributed by atoms with van der Waals surface area (Å²) in [7, 11) is 0. The Morgan fingerprint density at radius 2 is 1.93 bits per heavy atom. The maximum absolute atomic E-state index is 8.70. The molecule has 14 heavy (non-hydrogen) atoms. The molecular formula is C12H20N2. The monoisotopic (exact) mass is 192 g/mol. The van der Waals surface area contributed by atoms with E-state index in [2.05, 4.69) is 11.0 Å². The molecule has 0 N–H and O–H groups in total. The van der Waals surface area contributed by atoms with Crippen LogP contribution in [0.3, 0.4) is 0 Å². The van der Waals surface area contributed by atoms with Gasteiger partial charge < -0.3 is 4.90 Å². The van der Waals surface area contributed by atoms with Gasteiger partial charge in [-0.25, -0.2) is 0 Å². The number of likely N-dealkylation sites (tertiary alicyclic amines) is 1. The Kier molecular flexibility index (Phi) is 3.42. The molecule has 0 aromatic heterocycles. The minimum absolute atomic E-state index is 0.661. The van der Waals surface area contributed by atoms with Crippen molar-refractivity contribution in [2.75, 3.05) is 13.1 Å². The summed E-state index contributed by atoms with van der Waals surface area (Å²) in [5.41, 5.74) is 0. The lowest BCUT2D eigenvalue weighted by atomic mass is 9.94. The zero-order valence-electron chi connectivity index (χ0n) is 8.91. The van der Waals surface area contributed by atoms with Gasteiger partial charge in [-0.1, -0.05) is 12.8 Å². The first-order valence-corrected chi connectivity index (χ1v) is 6.01. The van der Waals surface area contributed by atoms with Crippen molar-refractivity contribution in [1.29, 1.82) is 5.26 Å². The van der Waals surface area contributed by atoms with Gasteiger partial charge in [0.25, 0.3) is 0 Å². The lowest BCUT2D eigenvalue weighted by Gasteiger charge is -2.36. The second-order valence-electron chi connectivity index (χ2n) is 4.80. The topological polar surface area (TPSA) is 27.0 Å². The van der Waals surface area contributed by atoms with Crippen LogP contribution in [0.2, 0.25) is 0 Å². The fourth-order valence-corrected chi connectivity index (χ4v) is 2.99. The molecule has 1 unspecified atom stereocenters. The van der Waals surface area contributed by atoms with Crippen LogP contribution in [-0.4, -0.2) is 24.0 Å². The van der Waals surface area contributed by atoms with E-state index in [1.54, 1.807) is 0 Å². The van der Waals surface area contributed by atoms with Crippen molar-refractivity contribution in [3.05, 3.63) is 0 Å². The van der Waals surface area contributed by atoms with Crippen LogP contribution < -0.4 is 0 Å². The summed E-state index contributed by atoms with van der Waals surface area (Å²) in [4.78, 5) is 2.65. The molecule has 0 amide bonds. The summed E-state index contributed by atoms with van der Waals surface area (Å²) in [6, 6.07) is 3.18. The highest BCUT2D eigenvalue weighted by Crippen LogP contribution is 2.28. The molecule has 1 aliphatic carbocycles. The first-order valence-electron chi connectivity index (χ1n) is 6.01. The van der Waals surface area contributed by atoms with Crippen molar-refractivity contribution in [2.24, 2.45) is 5.92 Å². The van der Waals surface area contributed by atoms with Gasteiger partial charge in [0, 0.05) is 19.0 Å². The Bertz CT molecular complexity index is 213. The van der Waals surface area contributed by atoms with Crippen LogP contribution in [0.1, 0.15) is 44.9 Å². The van der Waals surface area contributed by atoms with Crippen molar-refractivity contribution < 1.29 is 0 Å². The molecule has 0 bridgehead atoms. The van der Waals surface area contributed by atoms with E-state index >= 15 is 0 Å². The largest absolute Gasteiger partial charge is 0.300 e. The SMILES string of the molecule is N#CCC1CCCN(C2CCCC2)C1. The Morgan fingerprint density at radius 1 is 1.14 bits per heavy atom. The Morgan fingerprint density at radius 3 is 2.64 bits per heavy atom. The molecule has 1 heterocycles. The van der Waals surface area contributed by atoms with Crippen LogP contribution in [0.4, 0.5) is 0 Å². The molecule has 2 heteroatoms. The van der Waals surface area contributed by atoms with Crippen molar-refractivity contribution in [2.45, 2.75) is 51.0 Å². The minimum atomic E-state index is 0.661. The van der Waals surface area contributed by atoms with Crippen molar-refractivity contribution >= 4 is 0 Å². The Balaban J connectivity index is 1.84. The van der Waals surface area contributed by atoms with Crippen molar-refractivity contribution in [3.8, 4) is 6.07 Å². The molecule has 1 saturated carbocycles. The number of hydrogen-bond acceptors (Lipinski definition) is 2. The van der Waals surface area contributed by atoms with E-state index in [9.17, 15) is 0 Å². The van der Waals surface area contributed by atoms with Gasteiger partial charge in [0.2, 0.25) is 0 Å².